The largest absolute Gasteiger partial charge is 0.312 e. The van der Waals surface area contributed by atoms with E-state index < -0.39 is 0 Å². The maximum absolute atomic E-state index is 3.64. The SMILES string of the molecule is CC(C)N[C@@H](C)C1CCCCCC1. The van der Waals surface area contributed by atoms with Crippen molar-refractivity contribution in [2.24, 2.45) is 5.92 Å². The summed E-state index contributed by atoms with van der Waals surface area (Å²) in [6.07, 6.45) is 8.72. The van der Waals surface area contributed by atoms with Crippen LogP contribution in [0.1, 0.15) is 59.3 Å². The van der Waals surface area contributed by atoms with Crippen molar-refractivity contribution < 1.29 is 0 Å². The Kier molecular flexibility index (Phi) is 4.79. The van der Waals surface area contributed by atoms with Gasteiger partial charge in [-0.15, -0.1) is 0 Å². The topological polar surface area (TPSA) is 12.0 Å². The average molecular weight is 183 g/mol. The van der Waals surface area contributed by atoms with Crippen molar-refractivity contribution in [2.75, 3.05) is 0 Å². The van der Waals surface area contributed by atoms with Crippen molar-refractivity contribution in [3.05, 3.63) is 0 Å². The lowest BCUT2D eigenvalue weighted by Crippen LogP contribution is -2.37. The van der Waals surface area contributed by atoms with E-state index in [-0.39, 0.29) is 0 Å². The van der Waals surface area contributed by atoms with Crippen LogP contribution in [-0.4, -0.2) is 12.1 Å². The van der Waals surface area contributed by atoms with Gasteiger partial charge >= 0.3 is 0 Å². The molecule has 0 amide bonds. The van der Waals surface area contributed by atoms with Crippen molar-refractivity contribution >= 4 is 0 Å². The first kappa shape index (κ1) is 11.0. The van der Waals surface area contributed by atoms with Crippen LogP contribution in [0.5, 0.6) is 0 Å². The fourth-order valence-electron chi connectivity index (χ4n) is 2.47. The fourth-order valence-corrected chi connectivity index (χ4v) is 2.47. The molecular weight excluding hydrogens is 158 g/mol. The van der Waals surface area contributed by atoms with Crippen molar-refractivity contribution in [3.8, 4) is 0 Å². The lowest BCUT2D eigenvalue weighted by atomic mass is 9.92. The van der Waals surface area contributed by atoms with Gasteiger partial charge in [0.05, 0.1) is 0 Å². The van der Waals surface area contributed by atoms with Gasteiger partial charge in [-0.05, 0) is 25.7 Å². The number of nitrogens with one attached hydrogen (secondary N) is 1. The normalized spacial score (nSPS) is 23.1. The van der Waals surface area contributed by atoms with Crippen LogP contribution in [0.4, 0.5) is 0 Å². The molecule has 1 heteroatoms. The Labute approximate surface area is 83.3 Å². The summed E-state index contributed by atoms with van der Waals surface area (Å²) in [6, 6.07) is 1.36. The third kappa shape index (κ3) is 4.12. The summed E-state index contributed by atoms with van der Waals surface area (Å²) in [5.74, 6) is 0.935. The predicted molar refractivity (Wildman–Crippen MR) is 58.9 cm³/mol. The maximum Gasteiger partial charge on any atom is 0.00693 e. The van der Waals surface area contributed by atoms with E-state index in [9.17, 15) is 0 Å². The minimum Gasteiger partial charge on any atom is -0.312 e. The molecule has 1 aliphatic rings. The smallest absolute Gasteiger partial charge is 0.00693 e. The fraction of sp³-hybridized carbons (Fsp3) is 1.00. The molecule has 0 spiro atoms. The average Bonchev–Trinajstić information content (AvgIpc) is 2.29. The van der Waals surface area contributed by atoms with Gasteiger partial charge in [0, 0.05) is 12.1 Å². The Balaban J connectivity index is 2.30. The van der Waals surface area contributed by atoms with Gasteiger partial charge in [0.2, 0.25) is 0 Å². The van der Waals surface area contributed by atoms with E-state index in [0.29, 0.717) is 6.04 Å². The van der Waals surface area contributed by atoms with Crippen LogP contribution in [0.25, 0.3) is 0 Å². The molecule has 0 aromatic heterocycles. The zero-order valence-corrected chi connectivity index (χ0v) is 9.47. The monoisotopic (exact) mass is 183 g/mol. The van der Waals surface area contributed by atoms with Crippen LogP contribution >= 0.6 is 0 Å². The second kappa shape index (κ2) is 5.64. The molecule has 1 nitrogen and oxygen atoms in total. The molecule has 78 valence electrons. The molecule has 1 aliphatic carbocycles. The van der Waals surface area contributed by atoms with E-state index in [2.05, 4.69) is 26.1 Å². The highest BCUT2D eigenvalue weighted by molar-refractivity contribution is 4.75. The molecule has 0 bridgehead atoms. The Morgan fingerprint density at radius 1 is 0.923 bits per heavy atom. The molecule has 1 saturated carbocycles. The maximum atomic E-state index is 3.64. The van der Waals surface area contributed by atoms with Gasteiger partial charge in [0.25, 0.3) is 0 Å². The van der Waals surface area contributed by atoms with Gasteiger partial charge < -0.3 is 5.32 Å². The van der Waals surface area contributed by atoms with E-state index in [1.54, 1.807) is 0 Å². The van der Waals surface area contributed by atoms with E-state index >= 15 is 0 Å². The highest BCUT2D eigenvalue weighted by Crippen LogP contribution is 2.25. The Morgan fingerprint density at radius 2 is 1.46 bits per heavy atom. The molecule has 1 fully saturated rings. The molecule has 1 rings (SSSR count). The molecule has 13 heavy (non-hydrogen) atoms. The third-order valence-electron chi connectivity index (χ3n) is 3.20. The van der Waals surface area contributed by atoms with Crippen LogP contribution in [0.15, 0.2) is 0 Å². The van der Waals surface area contributed by atoms with E-state index in [4.69, 9.17) is 0 Å². The molecule has 0 heterocycles. The minimum atomic E-state index is 0.637. The zero-order chi connectivity index (χ0) is 9.68. The first-order valence-electron chi connectivity index (χ1n) is 5.96. The van der Waals surface area contributed by atoms with Gasteiger partial charge in [0.1, 0.15) is 0 Å². The molecule has 0 aliphatic heterocycles. The molecule has 1 N–H and O–H groups in total. The molecule has 0 saturated heterocycles. The molecule has 0 aromatic carbocycles. The Hall–Kier alpha value is -0.0400. The van der Waals surface area contributed by atoms with E-state index in [1.165, 1.54) is 38.5 Å². The van der Waals surface area contributed by atoms with Gasteiger partial charge in [0.15, 0.2) is 0 Å². The predicted octanol–water partition coefficient (Wildman–Crippen LogP) is 3.34. The van der Waals surface area contributed by atoms with Crippen LogP contribution in [0.2, 0.25) is 0 Å². The van der Waals surface area contributed by atoms with Crippen LogP contribution in [-0.2, 0) is 0 Å². The second-order valence-electron chi connectivity index (χ2n) is 4.86. The lowest BCUT2D eigenvalue weighted by Gasteiger charge is -2.25. The van der Waals surface area contributed by atoms with Crippen molar-refractivity contribution in [3.63, 3.8) is 0 Å². The summed E-state index contributed by atoms with van der Waals surface area (Å²) in [4.78, 5) is 0. The van der Waals surface area contributed by atoms with Gasteiger partial charge in [-0.2, -0.15) is 0 Å². The molecule has 0 unspecified atom stereocenters. The van der Waals surface area contributed by atoms with Crippen LogP contribution < -0.4 is 5.32 Å². The summed E-state index contributed by atoms with van der Waals surface area (Å²) in [5.41, 5.74) is 0. The number of rotatable bonds is 3. The lowest BCUT2D eigenvalue weighted by molar-refractivity contribution is 0.320. The van der Waals surface area contributed by atoms with Crippen LogP contribution in [0, 0.1) is 5.92 Å². The van der Waals surface area contributed by atoms with Crippen molar-refractivity contribution in [1.82, 2.24) is 5.32 Å². The molecule has 0 aromatic rings. The zero-order valence-electron chi connectivity index (χ0n) is 9.47. The van der Waals surface area contributed by atoms with E-state index in [1.807, 2.05) is 0 Å². The Morgan fingerprint density at radius 3 is 1.92 bits per heavy atom. The number of hydrogen-bond acceptors (Lipinski definition) is 1. The van der Waals surface area contributed by atoms with Gasteiger partial charge in [-0.1, -0.05) is 39.5 Å². The quantitative estimate of drug-likeness (QED) is 0.662. The van der Waals surface area contributed by atoms with Gasteiger partial charge in [-0.25, -0.2) is 0 Å². The molecule has 0 radical (unpaired) electrons. The second-order valence-corrected chi connectivity index (χ2v) is 4.86. The minimum absolute atomic E-state index is 0.637. The first-order valence-corrected chi connectivity index (χ1v) is 5.96. The highest BCUT2D eigenvalue weighted by Gasteiger charge is 2.18. The van der Waals surface area contributed by atoms with Gasteiger partial charge in [-0.3, -0.25) is 0 Å². The third-order valence-corrected chi connectivity index (χ3v) is 3.20. The summed E-state index contributed by atoms with van der Waals surface area (Å²) >= 11 is 0. The Bertz CT molecular complexity index is 123. The standard InChI is InChI=1S/C12H25N/c1-10(2)13-11(3)12-8-6-4-5-7-9-12/h10-13H,4-9H2,1-3H3/t11-/m0/s1. The summed E-state index contributed by atoms with van der Waals surface area (Å²) < 4.78 is 0. The number of hydrogen-bond donors (Lipinski definition) is 1. The van der Waals surface area contributed by atoms with Crippen molar-refractivity contribution in [2.45, 2.75) is 71.4 Å². The first-order chi connectivity index (χ1) is 6.20. The van der Waals surface area contributed by atoms with E-state index in [0.717, 1.165) is 12.0 Å². The van der Waals surface area contributed by atoms with Crippen molar-refractivity contribution in [1.29, 1.82) is 0 Å². The molecular formula is C12H25N. The highest BCUT2D eigenvalue weighted by atomic mass is 14.9. The molecule has 1 atom stereocenters. The summed E-state index contributed by atoms with van der Waals surface area (Å²) in [7, 11) is 0. The van der Waals surface area contributed by atoms with Crippen LogP contribution in [0.3, 0.4) is 0 Å². The summed E-state index contributed by atoms with van der Waals surface area (Å²) in [6.45, 7) is 6.84. The summed E-state index contributed by atoms with van der Waals surface area (Å²) in [5, 5.41) is 3.64.